The van der Waals surface area contributed by atoms with Gasteiger partial charge in [-0.2, -0.15) is 0 Å². The number of hydrogen-bond acceptors (Lipinski definition) is 3. The van der Waals surface area contributed by atoms with Crippen LogP contribution in [0.4, 0.5) is 5.69 Å². The van der Waals surface area contributed by atoms with Crippen LogP contribution in [0.2, 0.25) is 0 Å². The van der Waals surface area contributed by atoms with E-state index in [-0.39, 0.29) is 12.5 Å². The van der Waals surface area contributed by atoms with E-state index in [1.54, 1.807) is 18.2 Å². The number of anilines is 1. The van der Waals surface area contributed by atoms with Gasteiger partial charge in [-0.1, -0.05) is 31.7 Å². The molecule has 114 valence electrons. The molecule has 0 saturated heterocycles. The Morgan fingerprint density at radius 1 is 1.14 bits per heavy atom. The number of carbonyl (C=O) groups excluding carboxylic acids is 2. The third-order valence-electron chi connectivity index (χ3n) is 3.82. The van der Waals surface area contributed by atoms with Crippen LogP contribution in [0.3, 0.4) is 0 Å². The number of carbonyl (C=O) groups is 2. The Morgan fingerprint density at radius 2 is 1.86 bits per heavy atom. The monoisotopic (exact) mass is 289 g/mol. The Labute approximate surface area is 125 Å². The molecule has 1 aliphatic carbocycles. The van der Waals surface area contributed by atoms with Crippen LogP contribution in [0, 0.1) is 0 Å². The summed E-state index contributed by atoms with van der Waals surface area (Å²) in [6.45, 7) is 0.207. The zero-order valence-electron chi connectivity index (χ0n) is 12.2. The van der Waals surface area contributed by atoms with Gasteiger partial charge in [0, 0.05) is 17.3 Å². The lowest BCUT2D eigenvalue weighted by atomic mass is 10.1. The summed E-state index contributed by atoms with van der Waals surface area (Å²) in [7, 11) is 0. The third-order valence-corrected chi connectivity index (χ3v) is 3.82. The summed E-state index contributed by atoms with van der Waals surface area (Å²) in [5.41, 5.74) is 6.39. The highest BCUT2D eigenvalue weighted by Gasteiger charge is 2.14. The fourth-order valence-corrected chi connectivity index (χ4v) is 2.67. The first-order valence-corrected chi connectivity index (χ1v) is 7.58. The number of amides is 2. The molecule has 0 bridgehead atoms. The van der Waals surface area contributed by atoms with Crippen molar-refractivity contribution in [1.29, 1.82) is 0 Å². The quantitative estimate of drug-likeness (QED) is 0.725. The highest BCUT2D eigenvalue weighted by atomic mass is 16.2. The van der Waals surface area contributed by atoms with Crippen molar-refractivity contribution in [3.63, 3.8) is 0 Å². The highest BCUT2D eigenvalue weighted by molar-refractivity contribution is 5.93. The summed E-state index contributed by atoms with van der Waals surface area (Å²) in [4.78, 5) is 23.1. The molecule has 5 heteroatoms. The van der Waals surface area contributed by atoms with Crippen molar-refractivity contribution in [1.82, 2.24) is 5.32 Å². The number of rotatable bonds is 5. The molecule has 2 amide bonds. The van der Waals surface area contributed by atoms with Gasteiger partial charge in [-0.15, -0.1) is 0 Å². The molecule has 2 rings (SSSR count). The molecule has 4 N–H and O–H groups in total. The lowest BCUT2D eigenvalue weighted by Gasteiger charge is -2.16. The van der Waals surface area contributed by atoms with Crippen LogP contribution in [0.5, 0.6) is 0 Å². The van der Waals surface area contributed by atoms with Crippen molar-refractivity contribution in [2.75, 3.05) is 11.9 Å². The van der Waals surface area contributed by atoms with Crippen molar-refractivity contribution >= 4 is 17.5 Å². The number of nitrogens with two attached hydrogens (primary N) is 1. The van der Waals surface area contributed by atoms with Crippen LogP contribution in [0.15, 0.2) is 24.3 Å². The second kappa shape index (κ2) is 7.67. The first kappa shape index (κ1) is 15.4. The summed E-state index contributed by atoms with van der Waals surface area (Å²) in [5, 5.41) is 6.10. The molecule has 0 unspecified atom stereocenters. The van der Waals surface area contributed by atoms with Crippen molar-refractivity contribution < 1.29 is 9.59 Å². The van der Waals surface area contributed by atoms with E-state index >= 15 is 0 Å². The summed E-state index contributed by atoms with van der Waals surface area (Å²) < 4.78 is 0. The Morgan fingerprint density at radius 3 is 2.52 bits per heavy atom. The molecule has 0 atom stereocenters. The first-order chi connectivity index (χ1) is 10.1. The summed E-state index contributed by atoms with van der Waals surface area (Å²) in [6.07, 6.45) is 7.07. The molecule has 1 aromatic carbocycles. The molecule has 0 aromatic heterocycles. The van der Waals surface area contributed by atoms with Crippen molar-refractivity contribution in [2.24, 2.45) is 5.73 Å². The minimum Gasteiger partial charge on any atom is -0.376 e. The summed E-state index contributed by atoms with van der Waals surface area (Å²) in [6, 6.07) is 7.16. The molecule has 0 radical (unpaired) electrons. The number of benzene rings is 1. The number of primary amides is 1. The normalized spacial score (nSPS) is 16.0. The maximum absolute atomic E-state index is 12.0. The van der Waals surface area contributed by atoms with Gasteiger partial charge < -0.3 is 16.4 Å². The zero-order chi connectivity index (χ0) is 15.1. The largest absolute Gasteiger partial charge is 0.376 e. The molecule has 1 aromatic rings. The lowest BCUT2D eigenvalue weighted by molar-refractivity contribution is -0.120. The fourth-order valence-electron chi connectivity index (χ4n) is 2.67. The molecule has 1 fully saturated rings. The van der Waals surface area contributed by atoms with Crippen LogP contribution in [-0.4, -0.2) is 24.4 Å². The van der Waals surface area contributed by atoms with E-state index in [9.17, 15) is 9.59 Å². The van der Waals surface area contributed by atoms with Crippen LogP contribution in [0.25, 0.3) is 0 Å². The van der Waals surface area contributed by atoms with E-state index in [2.05, 4.69) is 10.6 Å². The molecule has 1 aliphatic rings. The van der Waals surface area contributed by atoms with Gasteiger partial charge in [0.1, 0.15) is 0 Å². The molecular weight excluding hydrogens is 266 g/mol. The van der Waals surface area contributed by atoms with Gasteiger partial charge >= 0.3 is 0 Å². The van der Waals surface area contributed by atoms with Gasteiger partial charge in [0.2, 0.25) is 11.8 Å². The van der Waals surface area contributed by atoms with E-state index in [0.717, 1.165) is 18.5 Å². The topological polar surface area (TPSA) is 84.2 Å². The van der Waals surface area contributed by atoms with Gasteiger partial charge in [0.15, 0.2) is 0 Å². The Bertz CT molecular complexity index is 494. The molecular formula is C16H23N3O2. The van der Waals surface area contributed by atoms with E-state index in [1.165, 1.54) is 25.7 Å². The summed E-state index contributed by atoms with van der Waals surface area (Å²) >= 11 is 0. The Kier molecular flexibility index (Phi) is 5.60. The minimum absolute atomic E-state index is 0.00798. The number of nitrogens with one attached hydrogen (secondary N) is 2. The van der Waals surface area contributed by atoms with Crippen molar-refractivity contribution in [2.45, 2.75) is 44.6 Å². The van der Waals surface area contributed by atoms with Gasteiger partial charge in [0.05, 0.1) is 6.54 Å². The Hall–Kier alpha value is -2.04. The predicted octanol–water partition coefficient (Wildman–Crippen LogP) is 2.04. The smallest absolute Gasteiger partial charge is 0.248 e. The van der Waals surface area contributed by atoms with Crippen LogP contribution in [-0.2, 0) is 4.79 Å². The predicted molar refractivity (Wildman–Crippen MR) is 83.1 cm³/mol. The lowest BCUT2D eigenvalue weighted by Crippen LogP contribution is -2.38. The third kappa shape index (κ3) is 5.10. The SMILES string of the molecule is NC(=O)c1cccc(NCC(=O)NC2CCCCCC2)c1. The molecule has 5 nitrogen and oxygen atoms in total. The molecule has 0 aliphatic heterocycles. The maximum atomic E-state index is 12.0. The van der Waals surface area contributed by atoms with Crippen LogP contribution in [0.1, 0.15) is 48.9 Å². The van der Waals surface area contributed by atoms with Crippen LogP contribution < -0.4 is 16.4 Å². The van der Waals surface area contributed by atoms with E-state index in [4.69, 9.17) is 5.73 Å². The van der Waals surface area contributed by atoms with Gasteiger partial charge in [0.25, 0.3) is 0 Å². The van der Waals surface area contributed by atoms with E-state index < -0.39 is 5.91 Å². The standard InChI is InChI=1S/C16H23N3O2/c17-16(21)12-6-5-9-14(10-12)18-11-15(20)19-13-7-3-1-2-4-8-13/h5-6,9-10,13,18H,1-4,7-8,11H2,(H2,17,21)(H,19,20). The first-order valence-electron chi connectivity index (χ1n) is 7.58. The second-order valence-electron chi connectivity index (χ2n) is 5.55. The fraction of sp³-hybridized carbons (Fsp3) is 0.500. The molecule has 21 heavy (non-hydrogen) atoms. The van der Waals surface area contributed by atoms with E-state index in [1.807, 2.05) is 6.07 Å². The highest BCUT2D eigenvalue weighted by Crippen LogP contribution is 2.17. The van der Waals surface area contributed by atoms with Gasteiger partial charge in [-0.05, 0) is 31.0 Å². The van der Waals surface area contributed by atoms with Gasteiger partial charge in [-0.3, -0.25) is 9.59 Å². The zero-order valence-corrected chi connectivity index (χ0v) is 12.2. The average molecular weight is 289 g/mol. The van der Waals surface area contributed by atoms with E-state index in [0.29, 0.717) is 11.6 Å². The number of hydrogen-bond donors (Lipinski definition) is 3. The average Bonchev–Trinajstić information content (AvgIpc) is 2.74. The van der Waals surface area contributed by atoms with Crippen molar-refractivity contribution in [3.8, 4) is 0 Å². The second-order valence-corrected chi connectivity index (χ2v) is 5.55. The maximum Gasteiger partial charge on any atom is 0.248 e. The molecule has 1 saturated carbocycles. The molecule has 0 spiro atoms. The Balaban J connectivity index is 1.80. The molecule has 0 heterocycles. The minimum atomic E-state index is -0.471. The van der Waals surface area contributed by atoms with Gasteiger partial charge in [-0.25, -0.2) is 0 Å². The van der Waals surface area contributed by atoms with Crippen LogP contribution >= 0.6 is 0 Å². The summed E-state index contributed by atoms with van der Waals surface area (Å²) in [5.74, 6) is -0.479. The van der Waals surface area contributed by atoms with Crippen molar-refractivity contribution in [3.05, 3.63) is 29.8 Å².